The van der Waals surface area contributed by atoms with E-state index < -0.39 is 0 Å². The van der Waals surface area contributed by atoms with Gasteiger partial charge in [-0.3, -0.25) is 4.79 Å². The van der Waals surface area contributed by atoms with Crippen LogP contribution < -0.4 is 5.73 Å². The summed E-state index contributed by atoms with van der Waals surface area (Å²) in [5.41, 5.74) is 9.35. The second-order valence-corrected chi connectivity index (χ2v) is 6.56. The fraction of sp³-hybridized carbons (Fsp3) is 0.300. The van der Waals surface area contributed by atoms with Gasteiger partial charge in [0, 0.05) is 37.1 Å². The van der Waals surface area contributed by atoms with Crippen LogP contribution in [0.4, 0.5) is 0 Å². The van der Waals surface area contributed by atoms with E-state index in [4.69, 9.17) is 5.73 Å². The third-order valence-corrected chi connectivity index (χ3v) is 4.93. The number of aromatic nitrogens is 2. The number of amides is 1. The molecule has 3 heterocycles. The molecular weight excluding hydrogens is 312 g/mol. The summed E-state index contributed by atoms with van der Waals surface area (Å²) in [5, 5.41) is 0. The van der Waals surface area contributed by atoms with Crippen molar-refractivity contribution in [2.75, 3.05) is 13.1 Å². The predicted molar refractivity (Wildman–Crippen MR) is 98.4 cm³/mol. The molecule has 3 aromatic rings. The molecule has 5 heteroatoms. The van der Waals surface area contributed by atoms with Gasteiger partial charge in [-0.15, -0.1) is 0 Å². The summed E-state index contributed by atoms with van der Waals surface area (Å²) < 4.78 is 1.93. The summed E-state index contributed by atoms with van der Waals surface area (Å²) in [5.74, 6) is 0.0620. The number of carbonyl (C=O) groups excluding carboxylic acids is 1. The number of nitrogens with two attached hydrogens (primary N) is 1. The minimum absolute atomic E-state index is 0.0620. The lowest BCUT2D eigenvalue weighted by Gasteiger charge is -2.35. The van der Waals surface area contributed by atoms with Crippen molar-refractivity contribution in [3.63, 3.8) is 0 Å². The average Bonchev–Trinajstić information content (AvgIpc) is 3.11. The molecule has 128 valence electrons. The zero-order valence-electron chi connectivity index (χ0n) is 14.1. The quantitative estimate of drug-likeness (QED) is 0.801. The fourth-order valence-corrected chi connectivity index (χ4v) is 3.55. The number of likely N-dealkylation sites (tertiary alicyclic amines) is 1. The van der Waals surface area contributed by atoms with Crippen molar-refractivity contribution in [3.8, 4) is 11.3 Å². The van der Waals surface area contributed by atoms with Gasteiger partial charge in [-0.1, -0.05) is 30.3 Å². The first-order valence-corrected chi connectivity index (χ1v) is 8.81. The van der Waals surface area contributed by atoms with Crippen LogP contribution >= 0.6 is 0 Å². The minimum Gasteiger partial charge on any atom is -0.334 e. The number of pyridine rings is 1. The van der Waals surface area contributed by atoms with Crippen LogP contribution in [0.1, 0.15) is 29.6 Å². The molecule has 1 atom stereocenters. The van der Waals surface area contributed by atoms with E-state index in [2.05, 4.69) is 4.98 Å². The highest BCUT2D eigenvalue weighted by molar-refractivity contribution is 5.94. The highest BCUT2D eigenvalue weighted by Gasteiger charge is 2.26. The fourth-order valence-electron chi connectivity index (χ4n) is 3.55. The van der Waals surface area contributed by atoms with Crippen LogP contribution in [0.5, 0.6) is 0 Å². The highest BCUT2D eigenvalue weighted by Crippen LogP contribution is 2.22. The maximum Gasteiger partial charge on any atom is 0.255 e. The Kier molecular flexibility index (Phi) is 4.24. The maximum atomic E-state index is 12.9. The lowest BCUT2D eigenvalue weighted by atomic mass is 10.0. The number of fused-ring (bicyclic) bond motifs is 1. The molecule has 1 fully saturated rings. The molecule has 1 amide bonds. The lowest BCUT2D eigenvalue weighted by molar-refractivity contribution is 0.0623. The van der Waals surface area contributed by atoms with Crippen molar-refractivity contribution in [3.05, 3.63) is 60.4 Å². The Bertz CT molecular complexity index is 887. The number of hydrogen-bond donors (Lipinski definition) is 1. The summed E-state index contributed by atoms with van der Waals surface area (Å²) in [6.45, 7) is 1.31. The van der Waals surface area contributed by atoms with E-state index >= 15 is 0 Å². The van der Waals surface area contributed by atoms with Crippen molar-refractivity contribution in [2.24, 2.45) is 5.73 Å². The predicted octanol–water partition coefficient (Wildman–Crippen LogP) is 2.95. The minimum atomic E-state index is 0.0620. The first-order chi connectivity index (χ1) is 12.3. The van der Waals surface area contributed by atoms with Gasteiger partial charge in [0.05, 0.1) is 11.3 Å². The highest BCUT2D eigenvalue weighted by atomic mass is 16.2. The zero-order valence-corrected chi connectivity index (χ0v) is 14.1. The van der Waals surface area contributed by atoms with Crippen molar-refractivity contribution in [2.45, 2.75) is 25.3 Å². The topological polar surface area (TPSA) is 63.6 Å². The van der Waals surface area contributed by atoms with Crippen molar-refractivity contribution >= 4 is 11.6 Å². The van der Waals surface area contributed by atoms with E-state index in [1.807, 2.05) is 64.2 Å². The molecule has 2 N–H and O–H groups in total. The third kappa shape index (κ3) is 3.03. The molecule has 5 nitrogen and oxygen atoms in total. The van der Waals surface area contributed by atoms with Crippen LogP contribution in [0.3, 0.4) is 0 Å². The van der Waals surface area contributed by atoms with Crippen LogP contribution in [-0.2, 0) is 0 Å². The van der Waals surface area contributed by atoms with E-state index in [0.29, 0.717) is 12.1 Å². The number of nitrogens with zero attached hydrogens (tertiary/aromatic N) is 3. The van der Waals surface area contributed by atoms with E-state index in [-0.39, 0.29) is 11.9 Å². The molecule has 0 saturated carbocycles. The number of carbonyl (C=O) groups is 1. The molecule has 0 aliphatic carbocycles. The summed E-state index contributed by atoms with van der Waals surface area (Å²) >= 11 is 0. The largest absolute Gasteiger partial charge is 0.334 e. The summed E-state index contributed by atoms with van der Waals surface area (Å²) in [6, 6.07) is 14.0. The molecular formula is C20H22N4O. The van der Waals surface area contributed by atoms with Gasteiger partial charge >= 0.3 is 0 Å². The van der Waals surface area contributed by atoms with Crippen LogP contribution in [-0.4, -0.2) is 39.3 Å². The molecule has 0 bridgehead atoms. The Balaban J connectivity index is 1.65. The Labute approximate surface area is 147 Å². The first-order valence-electron chi connectivity index (χ1n) is 8.81. The SMILES string of the molecule is NCC1CCCCN1C(=O)c1ccc2nc(-c3ccccc3)cn2c1. The van der Waals surface area contributed by atoms with Gasteiger partial charge in [0.15, 0.2) is 0 Å². The number of imidazole rings is 1. The molecule has 25 heavy (non-hydrogen) atoms. The molecule has 1 aromatic carbocycles. The van der Waals surface area contributed by atoms with Gasteiger partial charge in [0.1, 0.15) is 5.65 Å². The van der Waals surface area contributed by atoms with E-state index in [1.165, 1.54) is 0 Å². The Hall–Kier alpha value is -2.66. The Morgan fingerprint density at radius 2 is 1.96 bits per heavy atom. The second kappa shape index (κ2) is 6.69. The van der Waals surface area contributed by atoms with Crippen molar-refractivity contribution in [1.29, 1.82) is 0 Å². The Morgan fingerprint density at radius 1 is 1.12 bits per heavy atom. The molecule has 4 rings (SSSR count). The average molecular weight is 334 g/mol. The van der Waals surface area contributed by atoms with E-state index in [0.717, 1.165) is 42.7 Å². The molecule has 1 unspecified atom stereocenters. The summed E-state index contributed by atoms with van der Waals surface area (Å²) in [4.78, 5) is 19.5. The normalized spacial score (nSPS) is 17.8. The molecule has 0 radical (unpaired) electrons. The Morgan fingerprint density at radius 3 is 2.76 bits per heavy atom. The zero-order chi connectivity index (χ0) is 17.2. The van der Waals surface area contributed by atoms with Gasteiger partial charge in [-0.2, -0.15) is 0 Å². The van der Waals surface area contributed by atoms with E-state index in [9.17, 15) is 4.79 Å². The van der Waals surface area contributed by atoms with Gasteiger partial charge in [-0.05, 0) is 31.4 Å². The molecule has 1 saturated heterocycles. The van der Waals surface area contributed by atoms with Gasteiger partial charge < -0.3 is 15.0 Å². The maximum absolute atomic E-state index is 12.9. The monoisotopic (exact) mass is 334 g/mol. The van der Waals surface area contributed by atoms with Crippen LogP contribution in [0, 0.1) is 0 Å². The van der Waals surface area contributed by atoms with Crippen LogP contribution in [0.25, 0.3) is 16.9 Å². The number of benzene rings is 1. The third-order valence-electron chi connectivity index (χ3n) is 4.93. The smallest absolute Gasteiger partial charge is 0.255 e. The van der Waals surface area contributed by atoms with Crippen molar-refractivity contribution in [1.82, 2.24) is 14.3 Å². The summed E-state index contributed by atoms with van der Waals surface area (Å²) in [6.07, 6.45) is 7.03. The van der Waals surface area contributed by atoms with Gasteiger partial charge in [0.25, 0.3) is 5.91 Å². The summed E-state index contributed by atoms with van der Waals surface area (Å²) in [7, 11) is 0. The number of hydrogen-bond acceptors (Lipinski definition) is 3. The number of piperidine rings is 1. The molecule has 1 aliphatic heterocycles. The van der Waals surface area contributed by atoms with Crippen molar-refractivity contribution < 1.29 is 4.79 Å². The van der Waals surface area contributed by atoms with Gasteiger partial charge in [-0.25, -0.2) is 4.98 Å². The molecule has 1 aliphatic rings. The standard InChI is InChI=1S/C20H22N4O/c21-12-17-8-4-5-11-24(17)20(25)16-9-10-19-22-18(14-23(19)13-16)15-6-2-1-3-7-15/h1-3,6-7,9-10,13-14,17H,4-5,8,11-12,21H2. The van der Waals surface area contributed by atoms with Gasteiger partial charge in [0.2, 0.25) is 0 Å². The van der Waals surface area contributed by atoms with E-state index in [1.54, 1.807) is 0 Å². The molecule has 0 spiro atoms. The second-order valence-electron chi connectivity index (χ2n) is 6.56. The number of rotatable bonds is 3. The molecule has 2 aromatic heterocycles. The first kappa shape index (κ1) is 15.8. The lowest BCUT2D eigenvalue weighted by Crippen LogP contribution is -2.47. The van der Waals surface area contributed by atoms with Crippen LogP contribution in [0.2, 0.25) is 0 Å². The van der Waals surface area contributed by atoms with Crippen LogP contribution in [0.15, 0.2) is 54.9 Å².